The number of amides is 1. The quantitative estimate of drug-likeness (QED) is 0.590. The molecular formula is C10H22N3O. The van der Waals surface area contributed by atoms with Gasteiger partial charge in [0, 0.05) is 7.05 Å². The zero-order valence-electron chi connectivity index (χ0n) is 9.47. The Labute approximate surface area is 87.0 Å². The van der Waals surface area contributed by atoms with Crippen molar-refractivity contribution in [3.63, 3.8) is 0 Å². The molecule has 4 heteroatoms. The normalized spacial score (nSPS) is 12.9. The molecule has 0 fully saturated rings. The Kier molecular flexibility index (Phi) is 7.42. The van der Waals surface area contributed by atoms with Gasteiger partial charge in [-0.3, -0.25) is 15.0 Å². The molecule has 4 nitrogen and oxygen atoms in total. The summed E-state index contributed by atoms with van der Waals surface area (Å²) in [6.45, 7) is 8.71. The lowest BCUT2D eigenvalue weighted by atomic mass is 10.3. The smallest absolute Gasteiger partial charge is 0.252 e. The zero-order valence-corrected chi connectivity index (χ0v) is 9.47. The van der Waals surface area contributed by atoms with E-state index < -0.39 is 0 Å². The van der Waals surface area contributed by atoms with Crippen LogP contribution in [-0.4, -0.2) is 36.6 Å². The van der Waals surface area contributed by atoms with Crippen LogP contribution in [0.15, 0.2) is 0 Å². The molecule has 1 unspecified atom stereocenters. The van der Waals surface area contributed by atoms with Crippen molar-refractivity contribution in [2.45, 2.75) is 33.4 Å². The van der Waals surface area contributed by atoms with E-state index in [1.54, 1.807) is 0 Å². The minimum Gasteiger partial charge on any atom is -0.352 e. The molecule has 1 atom stereocenters. The van der Waals surface area contributed by atoms with Crippen molar-refractivity contribution in [3.05, 3.63) is 7.05 Å². The van der Waals surface area contributed by atoms with Crippen LogP contribution in [0.5, 0.6) is 0 Å². The Morgan fingerprint density at radius 2 is 1.93 bits per heavy atom. The first-order chi connectivity index (χ1) is 6.71. The topological polar surface area (TPSA) is 44.4 Å². The van der Waals surface area contributed by atoms with Crippen LogP contribution in [-0.2, 0) is 4.79 Å². The van der Waals surface area contributed by atoms with E-state index in [-0.39, 0.29) is 12.1 Å². The van der Waals surface area contributed by atoms with Gasteiger partial charge in [0.15, 0.2) is 0 Å². The summed E-state index contributed by atoms with van der Waals surface area (Å²) in [6.07, 6.45) is 0.768. The van der Waals surface area contributed by atoms with Gasteiger partial charge in [0.2, 0.25) is 0 Å². The van der Waals surface area contributed by atoms with E-state index in [0.29, 0.717) is 0 Å². The van der Waals surface area contributed by atoms with Gasteiger partial charge >= 0.3 is 0 Å². The van der Waals surface area contributed by atoms with Crippen molar-refractivity contribution in [2.24, 2.45) is 0 Å². The molecule has 1 amide bonds. The van der Waals surface area contributed by atoms with Crippen LogP contribution in [0, 0.1) is 7.05 Å². The highest BCUT2D eigenvalue weighted by Gasteiger charge is 2.21. The predicted octanol–water partition coefficient (Wildman–Crippen LogP) is 0.562. The lowest BCUT2D eigenvalue weighted by Gasteiger charge is -2.28. The van der Waals surface area contributed by atoms with Gasteiger partial charge in [-0.05, 0) is 26.1 Å². The summed E-state index contributed by atoms with van der Waals surface area (Å²) in [5, 5.41) is 5.63. The van der Waals surface area contributed by atoms with Crippen molar-refractivity contribution in [3.8, 4) is 0 Å². The molecule has 0 aromatic heterocycles. The van der Waals surface area contributed by atoms with Crippen molar-refractivity contribution in [2.75, 3.05) is 19.6 Å². The van der Waals surface area contributed by atoms with Crippen molar-refractivity contribution >= 4 is 5.91 Å². The van der Waals surface area contributed by atoms with E-state index in [0.717, 1.165) is 26.1 Å². The summed E-state index contributed by atoms with van der Waals surface area (Å²) in [4.78, 5) is 13.6. The maximum atomic E-state index is 11.5. The molecule has 83 valence electrons. The average Bonchev–Trinajstić information content (AvgIpc) is 2.23. The molecule has 0 aromatic rings. The Bertz CT molecular complexity index is 157. The van der Waals surface area contributed by atoms with Crippen LogP contribution in [0.25, 0.3) is 0 Å². The van der Waals surface area contributed by atoms with Gasteiger partial charge in [0.1, 0.15) is 6.17 Å². The van der Waals surface area contributed by atoms with Crippen molar-refractivity contribution in [1.82, 2.24) is 15.5 Å². The van der Waals surface area contributed by atoms with Crippen LogP contribution in [0.1, 0.15) is 27.2 Å². The van der Waals surface area contributed by atoms with Crippen molar-refractivity contribution < 1.29 is 4.79 Å². The van der Waals surface area contributed by atoms with Crippen LogP contribution in [0.3, 0.4) is 0 Å². The fourth-order valence-corrected chi connectivity index (χ4v) is 1.35. The number of likely N-dealkylation sites (N-methyl/N-ethyl adjacent to an activating group) is 1. The van der Waals surface area contributed by atoms with Gasteiger partial charge in [-0.25, -0.2) is 0 Å². The number of carbonyl (C=O) groups is 1. The predicted molar refractivity (Wildman–Crippen MR) is 58.5 cm³/mol. The molecule has 0 aliphatic heterocycles. The summed E-state index contributed by atoms with van der Waals surface area (Å²) in [6, 6.07) is 0. The Morgan fingerprint density at radius 1 is 1.36 bits per heavy atom. The third-order valence-corrected chi connectivity index (χ3v) is 2.19. The first-order valence-corrected chi connectivity index (χ1v) is 5.25. The molecule has 2 N–H and O–H groups in total. The molecule has 0 saturated heterocycles. The van der Waals surface area contributed by atoms with Crippen LogP contribution in [0.4, 0.5) is 0 Å². The van der Waals surface area contributed by atoms with Crippen LogP contribution in [0.2, 0.25) is 0 Å². The lowest BCUT2D eigenvalue weighted by Crippen LogP contribution is -2.54. The van der Waals surface area contributed by atoms with Crippen LogP contribution >= 0.6 is 0 Å². The van der Waals surface area contributed by atoms with Gasteiger partial charge in [-0.2, -0.15) is 0 Å². The second-order valence-electron chi connectivity index (χ2n) is 3.12. The minimum absolute atomic E-state index is 0.0675. The summed E-state index contributed by atoms with van der Waals surface area (Å²) >= 11 is 0. The summed E-state index contributed by atoms with van der Waals surface area (Å²) < 4.78 is 0. The van der Waals surface area contributed by atoms with E-state index in [4.69, 9.17) is 0 Å². The van der Waals surface area contributed by atoms with Gasteiger partial charge in [-0.15, -0.1) is 0 Å². The molecule has 0 rings (SSSR count). The molecule has 14 heavy (non-hydrogen) atoms. The maximum Gasteiger partial charge on any atom is 0.252 e. The molecule has 0 saturated carbocycles. The summed E-state index contributed by atoms with van der Waals surface area (Å²) in [5.74, 6) is -0.0675. The van der Waals surface area contributed by atoms with E-state index in [9.17, 15) is 4.79 Å². The molecule has 0 heterocycles. The third kappa shape index (κ3) is 4.07. The fourth-order valence-electron chi connectivity index (χ4n) is 1.35. The van der Waals surface area contributed by atoms with Crippen molar-refractivity contribution in [1.29, 1.82) is 0 Å². The zero-order chi connectivity index (χ0) is 11.0. The third-order valence-electron chi connectivity index (χ3n) is 2.19. The fraction of sp³-hybridized carbons (Fsp3) is 0.800. The highest BCUT2D eigenvalue weighted by atomic mass is 16.2. The number of carbonyl (C=O) groups excluding carboxylic acids is 1. The number of nitrogens with zero attached hydrogens (tertiary/aromatic N) is 1. The molecule has 0 aliphatic carbocycles. The number of nitrogens with one attached hydrogen (secondary N) is 2. The monoisotopic (exact) mass is 200 g/mol. The molecule has 0 aliphatic rings. The Hall–Kier alpha value is -0.610. The molecule has 1 radical (unpaired) electrons. The summed E-state index contributed by atoms with van der Waals surface area (Å²) in [7, 11) is 3.40. The van der Waals surface area contributed by atoms with E-state index in [1.807, 2.05) is 13.8 Å². The Morgan fingerprint density at radius 3 is 2.29 bits per heavy atom. The molecule has 0 spiro atoms. The first-order valence-electron chi connectivity index (χ1n) is 5.25. The number of rotatable bonds is 7. The summed E-state index contributed by atoms with van der Waals surface area (Å²) in [5.41, 5.74) is 0. The molecule has 0 aromatic carbocycles. The average molecular weight is 200 g/mol. The van der Waals surface area contributed by atoms with E-state index in [2.05, 4.69) is 29.5 Å². The van der Waals surface area contributed by atoms with Gasteiger partial charge < -0.3 is 5.32 Å². The van der Waals surface area contributed by atoms with E-state index >= 15 is 0 Å². The number of hydrogen-bond acceptors (Lipinski definition) is 3. The maximum absolute atomic E-state index is 11.5. The largest absolute Gasteiger partial charge is 0.352 e. The van der Waals surface area contributed by atoms with Gasteiger partial charge in [-0.1, -0.05) is 20.8 Å². The SMILES string of the molecule is [CH2]NC(=O)C(NCCC)N(CC)CC. The molecule has 0 bridgehead atoms. The second-order valence-corrected chi connectivity index (χ2v) is 3.12. The second kappa shape index (κ2) is 7.76. The van der Waals surface area contributed by atoms with E-state index in [1.165, 1.54) is 0 Å². The highest BCUT2D eigenvalue weighted by molar-refractivity contribution is 5.81. The lowest BCUT2D eigenvalue weighted by molar-refractivity contribution is -0.126. The van der Waals surface area contributed by atoms with Gasteiger partial charge in [0.05, 0.1) is 0 Å². The molecular weight excluding hydrogens is 178 g/mol. The Balaban J connectivity index is 4.27. The van der Waals surface area contributed by atoms with Crippen LogP contribution < -0.4 is 10.6 Å². The van der Waals surface area contributed by atoms with Gasteiger partial charge in [0.25, 0.3) is 5.91 Å². The highest BCUT2D eigenvalue weighted by Crippen LogP contribution is 1.96. The number of hydrogen-bond donors (Lipinski definition) is 2. The standard InChI is InChI=1S/C10H22N3O/c1-5-8-12-9(10(14)11-4)13(6-2)7-3/h9,12H,4-8H2,1-3H3,(H,11,14). The first kappa shape index (κ1) is 13.4. The minimum atomic E-state index is -0.248.